The SMILES string of the molecule is CCN(CC1CC1)C1(CN)CC(C)(C)OC1(C)C. The van der Waals surface area contributed by atoms with Gasteiger partial charge in [-0.3, -0.25) is 4.90 Å². The van der Waals surface area contributed by atoms with Crippen LogP contribution in [0, 0.1) is 5.92 Å². The maximum atomic E-state index is 6.31. The van der Waals surface area contributed by atoms with Crippen LogP contribution in [0.2, 0.25) is 0 Å². The average molecular weight is 254 g/mol. The van der Waals surface area contributed by atoms with Gasteiger partial charge >= 0.3 is 0 Å². The minimum atomic E-state index is -0.170. The van der Waals surface area contributed by atoms with Gasteiger partial charge in [-0.25, -0.2) is 0 Å². The second-order valence-corrected chi connectivity index (χ2v) is 7.27. The van der Waals surface area contributed by atoms with E-state index in [1.165, 1.54) is 19.4 Å². The highest BCUT2D eigenvalue weighted by Crippen LogP contribution is 2.48. The van der Waals surface area contributed by atoms with Crippen LogP contribution in [0.15, 0.2) is 0 Å². The van der Waals surface area contributed by atoms with E-state index in [0.717, 1.165) is 18.9 Å². The van der Waals surface area contributed by atoms with E-state index < -0.39 is 0 Å². The van der Waals surface area contributed by atoms with E-state index in [4.69, 9.17) is 10.5 Å². The number of hydrogen-bond acceptors (Lipinski definition) is 3. The van der Waals surface area contributed by atoms with Crippen molar-refractivity contribution in [2.24, 2.45) is 11.7 Å². The zero-order valence-corrected chi connectivity index (χ0v) is 12.8. The van der Waals surface area contributed by atoms with Gasteiger partial charge < -0.3 is 10.5 Å². The van der Waals surface area contributed by atoms with Gasteiger partial charge in [-0.2, -0.15) is 0 Å². The lowest BCUT2D eigenvalue weighted by Gasteiger charge is -2.47. The number of nitrogens with zero attached hydrogens (tertiary/aromatic N) is 1. The minimum absolute atomic E-state index is 0.00611. The van der Waals surface area contributed by atoms with Crippen molar-refractivity contribution >= 4 is 0 Å². The maximum Gasteiger partial charge on any atom is 0.0830 e. The zero-order chi connectivity index (χ0) is 13.6. The Hall–Kier alpha value is -0.120. The zero-order valence-electron chi connectivity index (χ0n) is 12.8. The molecule has 3 heteroatoms. The second kappa shape index (κ2) is 4.46. The third kappa shape index (κ3) is 2.33. The molecule has 0 aromatic rings. The first-order chi connectivity index (χ1) is 8.26. The molecule has 2 N–H and O–H groups in total. The molecule has 0 radical (unpaired) electrons. The predicted octanol–water partition coefficient (Wildman–Crippen LogP) is 2.39. The fraction of sp³-hybridized carbons (Fsp3) is 1.00. The molecule has 0 aromatic carbocycles. The quantitative estimate of drug-likeness (QED) is 0.819. The van der Waals surface area contributed by atoms with Gasteiger partial charge in [-0.05, 0) is 59.4 Å². The first-order valence-electron chi connectivity index (χ1n) is 7.42. The van der Waals surface area contributed by atoms with Crippen LogP contribution in [0.5, 0.6) is 0 Å². The van der Waals surface area contributed by atoms with Gasteiger partial charge in [0.15, 0.2) is 0 Å². The van der Waals surface area contributed by atoms with Crippen molar-refractivity contribution in [1.29, 1.82) is 0 Å². The summed E-state index contributed by atoms with van der Waals surface area (Å²) in [6, 6.07) is 0. The topological polar surface area (TPSA) is 38.5 Å². The summed E-state index contributed by atoms with van der Waals surface area (Å²) in [7, 11) is 0. The van der Waals surface area contributed by atoms with E-state index in [9.17, 15) is 0 Å². The smallest absolute Gasteiger partial charge is 0.0830 e. The molecule has 0 spiro atoms. The van der Waals surface area contributed by atoms with Crippen molar-refractivity contribution < 1.29 is 4.74 Å². The molecule has 1 unspecified atom stereocenters. The van der Waals surface area contributed by atoms with E-state index in [-0.39, 0.29) is 16.7 Å². The summed E-state index contributed by atoms with van der Waals surface area (Å²) in [4.78, 5) is 2.60. The number of hydrogen-bond donors (Lipinski definition) is 1. The van der Waals surface area contributed by atoms with Crippen molar-refractivity contribution in [2.45, 2.75) is 70.6 Å². The van der Waals surface area contributed by atoms with Crippen LogP contribution in [0.25, 0.3) is 0 Å². The number of ether oxygens (including phenoxy) is 1. The highest BCUT2D eigenvalue weighted by Gasteiger charge is 2.59. The molecule has 1 atom stereocenters. The molecule has 106 valence electrons. The second-order valence-electron chi connectivity index (χ2n) is 7.27. The molecule has 1 aliphatic heterocycles. The molecular weight excluding hydrogens is 224 g/mol. The van der Waals surface area contributed by atoms with Crippen LogP contribution in [0.3, 0.4) is 0 Å². The Bertz CT molecular complexity index is 310. The molecule has 1 saturated heterocycles. The number of likely N-dealkylation sites (N-methyl/N-ethyl adjacent to an activating group) is 1. The summed E-state index contributed by atoms with van der Waals surface area (Å²) in [5, 5.41) is 0. The largest absolute Gasteiger partial charge is 0.368 e. The molecule has 0 amide bonds. The summed E-state index contributed by atoms with van der Waals surface area (Å²) in [6.07, 6.45) is 3.81. The van der Waals surface area contributed by atoms with Crippen LogP contribution < -0.4 is 5.73 Å². The Kier molecular flexibility index (Phi) is 3.54. The van der Waals surface area contributed by atoms with Crippen molar-refractivity contribution in [3.05, 3.63) is 0 Å². The molecule has 2 fully saturated rings. The van der Waals surface area contributed by atoms with Gasteiger partial charge in [0.05, 0.1) is 16.7 Å². The Balaban J connectivity index is 2.26. The molecule has 18 heavy (non-hydrogen) atoms. The third-order valence-corrected chi connectivity index (χ3v) is 4.87. The molecule has 2 rings (SSSR count). The van der Waals surface area contributed by atoms with Crippen LogP contribution in [0.1, 0.15) is 53.9 Å². The molecule has 0 bridgehead atoms. The van der Waals surface area contributed by atoms with E-state index >= 15 is 0 Å². The summed E-state index contributed by atoms with van der Waals surface area (Å²) >= 11 is 0. The number of rotatable bonds is 5. The standard InChI is InChI=1S/C15H30N2O/c1-6-17(9-12-7-8-12)15(11-16)10-13(2,3)18-14(15,4)5/h12H,6-11,16H2,1-5H3. The number of nitrogens with two attached hydrogens (primary N) is 1. The molecule has 1 aliphatic carbocycles. The van der Waals surface area contributed by atoms with Crippen LogP contribution in [0.4, 0.5) is 0 Å². The Morgan fingerprint density at radius 1 is 1.22 bits per heavy atom. The normalized spacial score (nSPS) is 34.2. The monoisotopic (exact) mass is 254 g/mol. The first-order valence-corrected chi connectivity index (χ1v) is 7.42. The molecule has 3 nitrogen and oxygen atoms in total. The maximum absolute atomic E-state index is 6.31. The van der Waals surface area contributed by atoms with Crippen molar-refractivity contribution in [3.8, 4) is 0 Å². The lowest BCUT2D eigenvalue weighted by molar-refractivity contribution is -0.104. The summed E-state index contributed by atoms with van der Waals surface area (Å²) in [5.74, 6) is 0.896. The summed E-state index contributed by atoms with van der Waals surface area (Å²) < 4.78 is 6.31. The predicted molar refractivity (Wildman–Crippen MR) is 75.6 cm³/mol. The van der Waals surface area contributed by atoms with Crippen LogP contribution in [-0.4, -0.2) is 41.3 Å². The van der Waals surface area contributed by atoms with E-state index in [2.05, 4.69) is 39.5 Å². The highest BCUT2D eigenvalue weighted by molar-refractivity contribution is 5.13. The minimum Gasteiger partial charge on any atom is -0.368 e. The third-order valence-electron chi connectivity index (χ3n) is 4.87. The van der Waals surface area contributed by atoms with Gasteiger partial charge in [0.1, 0.15) is 0 Å². The van der Waals surface area contributed by atoms with Gasteiger partial charge in [-0.1, -0.05) is 6.92 Å². The van der Waals surface area contributed by atoms with E-state index in [1.54, 1.807) is 0 Å². The Labute approximate surface area is 112 Å². The van der Waals surface area contributed by atoms with E-state index in [0.29, 0.717) is 6.54 Å². The van der Waals surface area contributed by atoms with Gasteiger partial charge in [0.25, 0.3) is 0 Å². The Morgan fingerprint density at radius 3 is 2.17 bits per heavy atom. The first kappa shape index (κ1) is 14.3. The molecule has 1 heterocycles. The summed E-state index contributed by atoms with van der Waals surface area (Å²) in [5.41, 5.74) is 5.97. The average Bonchev–Trinajstić information content (AvgIpc) is 3.01. The lowest BCUT2D eigenvalue weighted by Crippen LogP contribution is -2.63. The van der Waals surface area contributed by atoms with Gasteiger partial charge in [0.2, 0.25) is 0 Å². The highest BCUT2D eigenvalue weighted by atomic mass is 16.5. The fourth-order valence-electron chi connectivity index (χ4n) is 3.90. The van der Waals surface area contributed by atoms with Crippen molar-refractivity contribution in [3.63, 3.8) is 0 Å². The van der Waals surface area contributed by atoms with Crippen LogP contribution >= 0.6 is 0 Å². The van der Waals surface area contributed by atoms with Crippen molar-refractivity contribution in [2.75, 3.05) is 19.6 Å². The van der Waals surface area contributed by atoms with Gasteiger partial charge in [0, 0.05) is 13.1 Å². The summed E-state index contributed by atoms with van der Waals surface area (Å²) in [6.45, 7) is 14.0. The fourth-order valence-corrected chi connectivity index (χ4v) is 3.90. The molecular formula is C15H30N2O. The van der Waals surface area contributed by atoms with Gasteiger partial charge in [-0.15, -0.1) is 0 Å². The van der Waals surface area contributed by atoms with E-state index in [1.807, 2.05) is 0 Å². The molecule has 2 aliphatic rings. The Morgan fingerprint density at radius 2 is 1.83 bits per heavy atom. The van der Waals surface area contributed by atoms with Crippen LogP contribution in [-0.2, 0) is 4.74 Å². The molecule has 1 saturated carbocycles. The molecule has 0 aromatic heterocycles. The van der Waals surface area contributed by atoms with Crippen molar-refractivity contribution in [1.82, 2.24) is 4.90 Å². The lowest BCUT2D eigenvalue weighted by atomic mass is 9.77.